The van der Waals surface area contributed by atoms with Crippen molar-refractivity contribution in [1.29, 1.82) is 0 Å². The Morgan fingerprint density at radius 3 is 1.54 bits per heavy atom. The van der Waals surface area contributed by atoms with E-state index in [4.69, 9.17) is 4.55 Å². The summed E-state index contributed by atoms with van der Waals surface area (Å²) in [5, 5.41) is 2.60. The number of unbranched alkanes of at least 4 members (excludes halogenated alkanes) is 13. The maximum atomic E-state index is 11.1. The van der Waals surface area contributed by atoms with Crippen LogP contribution in [0.1, 0.15) is 110 Å². The molecule has 0 aromatic carbocycles. The molecule has 0 aromatic heterocycles. The largest absolute Gasteiger partial charge is 0.352 e. The molecule has 0 rings (SSSR count). The highest BCUT2D eigenvalue weighted by Gasteiger charge is 2.17. The van der Waals surface area contributed by atoms with Crippen molar-refractivity contribution >= 4 is 16.0 Å². The predicted octanol–water partition coefficient (Wildman–Crippen LogP) is 5.25. The molecule has 26 heavy (non-hydrogen) atoms. The summed E-state index contributed by atoms with van der Waals surface area (Å²) in [6.45, 7) is 3.61. The van der Waals surface area contributed by atoms with Crippen LogP contribution in [0.2, 0.25) is 0 Å². The Bertz CT molecular complexity index is 437. The minimum atomic E-state index is -4.05. The molecule has 1 atom stereocenters. The van der Waals surface area contributed by atoms with E-state index in [9.17, 15) is 13.2 Å². The first-order valence-electron chi connectivity index (χ1n) is 10.6. The molecule has 156 valence electrons. The molecule has 0 saturated heterocycles. The molecule has 0 bridgehead atoms. The highest BCUT2D eigenvalue weighted by atomic mass is 32.2. The Kier molecular flexibility index (Phi) is 16.2. The maximum absolute atomic E-state index is 11.1. The molecule has 1 unspecified atom stereocenters. The van der Waals surface area contributed by atoms with E-state index < -0.39 is 21.9 Å². The quantitative estimate of drug-likeness (QED) is 0.247. The Morgan fingerprint density at radius 2 is 1.19 bits per heavy atom. The average Bonchev–Trinajstić information content (AvgIpc) is 2.53. The smallest absolute Gasteiger partial charge is 0.266 e. The van der Waals surface area contributed by atoms with Gasteiger partial charge in [-0.15, -0.1) is 0 Å². The van der Waals surface area contributed by atoms with Crippen LogP contribution in [-0.2, 0) is 14.9 Å². The third kappa shape index (κ3) is 19.7. The van der Waals surface area contributed by atoms with Crippen LogP contribution in [-0.4, -0.2) is 30.7 Å². The first-order valence-corrected chi connectivity index (χ1v) is 12.2. The SMILES string of the molecule is CCCCCCCCCCCCCCCCC(CS(=O)(=O)O)NC(C)=O. The van der Waals surface area contributed by atoms with Gasteiger partial charge in [-0.2, -0.15) is 8.42 Å². The highest BCUT2D eigenvalue weighted by Crippen LogP contribution is 2.14. The minimum absolute atomic E-state index is 0.260. The van der Waals surface area contributed by atoms with E-state index in [0.29, 0.717) is 6.42 Å². The molecule has 5 nitrogen and oxygen atoms in total. The first-order chi connectivity index (χ1) is 12.3. The lowest BCUT2D eigenvalue weighted by molar-refractivity contribution is -0.119. The van der Waals surface area contributed by atoms with Gasteiger partial charge in [0.25, 0.3) is 10.1 Å². The number of carbonyl (C=O) groups is 1. The lowest BCUT2D eigenvalue weighted by atomic mass is 10.0. The molecule has 0 aromatic rings. The first kappa shape index (κ1) is 25.4. The van der Waals surface area contributed by atoms with Gasteiger partial charge in [0, 0.05) is 13.0 Å². The third-order valence-electron chi connectivity index (χ3n) is 4.73. The minimum Gasteiger partial charge on any atom is -0.352 e. The Balaban J connectivity index is 3.49. The van der Waals surface area contributed by atoms with Crippen LogP contribution in [0.25, 0.3) is 0 Å². The zero-order valence-electron chi connectivity index (χ0n) is 17.0. The molecule has 0 radical (unpaired) electrons. The second-order valence-electron chi connectivity index (χ2n) is 7.53. The fraction of sp³-hybridized carbons (Fsp3) is 0.950. The average molecular weight is 392 g/mol. The van der Waals surface area contributed by atoms with E-state index in [-0.39, 0.29) is 5.91 Å². The van der Waals surface area contributed by atoms with Crippen LogP contribution in [0.4, 0.5) is 0 Å². The fourth-order valence-corrected chi connectivity index (χ4v) is 4.08. The number of hydrogen-bond donors (Lipinski definition) is 2. The predicted molar refractivity (Wildman–Crippen MR) is 109 cm³/mol. The Labute approximate surface area is 161 Å². The van der Waals surface area contributed by atoms with E-state index in [2.05, 4.69) is 12.2 Å². The molecule has 0 aliphatic carbocycles. The monoisotopic (exact) mass is 391 g/mol. The molecule has 0 heterocycles. The lowest BCUT2D eigenvalue weighted by Crippen LogP contribution is -2.38. The van der Waals surface area contributed by atoms with Crippen LogP contribution >= 0.6 is 0 Å². The van der Waals surface area contributed by atoms with Gasteiger partial charge in [0.05, 0.1) is 5.75 Å². The summed E-state index contributed by atoms with van der Waals surface area (Å²) < 4.78 is 30.9. The number of amides is 1. The summed E-state index contributed by atoms with van der Waals surface area (Å²) in [5.41, 5.74) is 0. The zero-order chi connectivity index (χ0) is 19.7. The van der Waals surface area contributed by atoms with Gasteiger partial charge in [0.2, 0.25) is 5.91 Å². The molecular weight excluding hydrogens is 350 g/mol. The second-order valence-corrected chi connectivity index (χ2v) is 9.03. The fourth-order valence-electron chi connectivity index (χ4n) is 3.32. The van der Waals surface area contributed by atoms with Gasteiger partial charge >= 0.3 is 0 Å². The van der Waals surface area contributed by atoms with Crippen molar-refractivity contribution in [2.75, 3.05) is 5.75 Å². The van der Waals surface area contributed by atoms with Crippen molar-refractivity contribution in [3.63, 3.8) is 0 Å². The highest BCUT2D eigenvalue weighted by molar-refractivity contribution is 7.85. The summed E-state index contributed by atoms with van der Waals surface area (Å²) in [7, 11) is -4.05. The van der Waals surface area contributed by atoms with Crippen molar-refractivity contribution in [1.82, 2.24) is 5.32 Å². The molecule has 2 N–H and O–H groups in total. The zero-order valence-corrected chi connectivity index (χ0v) is 17.8. The van der Waals surface area contributed by atoms with E-state index in [0.717, 1.165) is 19.3 Å². The Morgan fingerprint density at radius 1 is 0.808 bits per heavy atom. The topological polar surface area (TPSA) is 83.5 Å². The van der Waals surface area contributed by atoms with Gasteiger partial charge < -0.3 is 5.32 Å². The van der Waals surface area contributed by atoms with Crippen LogP contribution < -0.4 is 5.32 Å². The van der Waals surface area contributed by atoms with Gasteiger partial charge in [-0.3, -0.25) is 9.35 Å². The summed E-state index contributed by atoms with van der Waals surface area (Å²) >= 11 is 0. The second kappa shape index (κ2) is 16.5. The van der Waals surface area contributed by atoms with Crippen molar-refractivity contribution in [3.8, 4) is 0 Å². The maximum Gasteiger partial charge on any atom is 0.266 e. The van der Waals surface area contributed by atoms with Gasteiger partial charge in [-0.05, 0) is 6.42 Å². The van der Waals surface area contributed by atoms with Crippen LogP contribution in [0.3, 0.4) is 0 Å². The molecule has 0 saturated carbocycles. The summed E-state index contributed by atoms with van der Waals surface area (Å²) in [4.78, 5) is 11.1. The summed E-state index contributed by atoms with van der Waals surface area (Å²) in [6.07, 6.45) is 18.4. The Hall–Kier alpha value is -0.620. The molecule has 0 aliphatic rings. The van der Waals surface area contributed by atoms with E-state index >= 15 is 0 Å². The van der Waals surface area contributed by atoms with Crippen molar-refractivity contribution < 1.29 is 17.8 Å². The van der Waals surface area contributed by atoms with Gasteiger partial charge in [0.1, 0.15) is 0 Å². The molecule has 0 fully saturated rings. The molecule has 0 spiro atoms. The van der Waals surface area contributed by atoms with Crippen molar-refractivity contribution in [3.05, 3.63) is 0 Å². The van der Waals surface area contributed by atoms with E-state index in [1.54, 1.807) is 0 Å². The van der Waals surface area contributed by atoms with E-state index in [1.165, 1.54) is 77.6 Å². The third-order valence-corrected chi connectivity index (χ3v) is 5.55. The molecular formula is C20H41NO4S. The standard InChI is InChI=1S/C20H41NO4S/c1-3-4-5-6-7-8-9-10-11-12-13-14-15-16-17-20(21-19(2)22)18-26(23,24)25/h20H,3-18H2,1-2H3,(H,21,22)(H,23,24,25). The van der Waals surface area contributed by atoms with Crippen LogP contribution in [0.15, 0.2) is 0 Å². The number of rotatable bonds is 18. The van der Waals surface area contributed by atoms with Crippen molar-refractivity contribution in [2.24, 2.45) is 0 Å². The van der Waals surface area contributed by atoms with Gasteiger partial charge in [-0.1, -0.05) is 96.8 Å². The van der Waals surface area contributed by atoms with E-state index in [1.807, 2.05) is 0 Å². The summed E-state index contributed by atoms with van der Waals surface area (Å²) in [6, 6.07) is -0.486. The van der Waals surface area contributed by atoms with Crippen LogP contribution in [0, 0.1) is 0 Å². The van der Waals surface area contributed by atoms with Crippen molar-refractivity contribution in [2.45, 2.75) is 116 Å². The van der Waals surface area contributed by atoms with Crippen LogP contribution in [0.5, 0.6) is 0 Å². The molecule has 6 heteroatoms. The van der Waals surface area contributed by atoms with Gasteiger partial charge in [0.15, 0.2) is 0 Å². The van der Waals surface area contributed by atoms with Gasteiger partial charge in [-0.25, -0.2) is 0 Å². The molecule has 1 amide bonds. The number of nitrogens with one attached hydrogen (secondary N) is 1. The normalized spacial score (nSPS) is 12.9. The molecule has 0 aliphatic heterocycles. The number of hydrogen-bond acceptors (Lipinski definition) is 3. The number of carbonyl (C=O) groups excluding carboxylic acids is 1. The lowest BCUT2D eigenvalue weighted by Gasteiger charge is -2.16. The summed E-state index contributed by atoms with van der Waals surface area (Å²) in [5.74, 6) is -0.658.